The van der Waals surface area contributed by atoms with Crippen LogP contribution in [0, 0.1) is 23.0 Å². The van der Waals surface area contributed by atoms with Crippen LogP contribution in [-0.4, -0.2) is 4.98 Å². The SMILES string of the molecule is N#Cc1nc(NCc2cc(F)ccc2F)ccc1N. The fourth-order valence-electron chi connectivity index (χ4n) is 1.52. The first-order chi connectivity index (χ1) is 9.10. The molecule has 1 aromatic heterocycles. The molecule has 4 nitrogen and oxygen atoms in total. The van der Waals surface area contributed by atoms with E-state index in [0.717, 1.165) is 18.2 Å². The summed E-state index contributed by atoms with van der Waals surface area (Å²) in [7, 11) is 0. The number of hydrogen-bond donors (Lipinski definition) is 2. The molecule has 1 aromatic carbocycles. The number of nitriles is 1. The molecule has 3 N–H and O–H groups in total. The van der Waals surface area contributed by atoms with E-state index >= 15 is 0 Å². The molecule has 0 aliphatic rings. The Labute approximate surface area is 108 Å². The Bertz CT molecular complexity index is 650. The molecule has 2 rings (SSSR count). The van der Waals surface area contributed by atoms with Gasteiger partial charge in [-0.2, -0.15) is 5.26 Å². The fourth-order valence-corrected chi connectivity index (χ4v) is 1.52. The molecule has 0 amide bonds. The van der Waals surface area contributed by atoms with E-state index in [1.165, 1.54) is 6.07 Å². The number of anilines is 2. The minimum Gasteiger partial charge on any atom is -0.396 e. The highest BCUT2D eigenvalue weighted by molar-refractivity contribution is 5.54. The fraction of sp³-hybridized carbons (Fsp3) is 0.0769. The number of aromatic nitrogens is 1. The third-order valence-electron chi connectivity index (χ3n) is 2.50. The Kier molecular flexibility index (Phi) is 3.57. The summed E-state index contributed by atoms with van der Waals surface area (Å²) in [5.41, 5.74) is 6.06. The Balaban J connectivity index is 2.15. The lowest BCUT2D eigenvalue weighted by molar-refractivity contribution is 0.587. The van der Waals surface area contributed by atoms with Crippen LogP contribution >= 0.6 is 0 Å². The zero-order chi connectivity index (χ0) is 13.8. The van der Waals surface area contributed by atoms with Crippen LogP contribution < -0.4 is 11.1 Å². The number of hydrogen-bond acceptors (Lipinski definition) is 4. The van der Waals surface area contributed by atoms with Gasteiger partial charge in [-0.1, -0.05) is 0 Å². The van der Waals surface area contributed by atoms with Gasteiger partial charge in [-0.25, -0.2) is 13.8 Å². The summed E-state index contributed by atoms with van der Waals surface area (Å²) in [5, 5.41) is 11.6. The van der Waals surface area contributed by atoms with Crippen molar-refractivity contribution in [1.29, 1.82) is 5.26 Å². The second-order valence-electron chi connectivity index (χ2n) is 3.84. The summed E-state index contributed by atoms with van der Waals surface area (Å²) in [6.07, 6.45) is 0. The molecule has 0 unspecified atom stereocenters. The average molecular weight is 260 g/mol. The summed E-state index contributed by atoms with van der Waals surface area (Å²) in [5.74, 6) is -0.652. The van der Waals surface area contributed by atoms with Crippen molar-refractivity contribution in [3.05, 3.63) is 53.2 Å². The number of nitrogens with two attached hydrogens (primary N) is 1. The Hall–Kier alpha value is -2.68. The number of benzene rings is 1. The number of nitrogen functional groups attached to an aromatic ring is 1. The van der Waals surface area contributed by atoms with Gasteiger partial charge in [0, 0.05) is 12.1 Å². The van der Waals surface area contributed by atoms with E-state index in [1.807, 2.05) is 6.07 Å². The molecule has 19 heavy (non-hydrogen) atoms. The molecule has 0 spiro atoms. The zero-order valence-corrected chi connectivity index (χ0v) is 9.82. The summed E-state index contributed by atoms with van der Waals surface area (Å²) in [4.78, 5) is 3.94. The molecular weight excluding hydrogens is 250 g/mol. The third-order valence-corrected chi connectivity index (χ3v) is 2.50. The second-order valence-corrected chi connectivity index (χ2v) is 3.84. The summed E-state index contributed by atoms with van der Waals surface area (Å²) in [6, 6.07) is 8.14. The molecule has 0 aliphatic carbocycles. The predicted octanol–water partition coefficient (Wildman–Crippen LogP) is 2.43. The van der Waals surface area contributed by atoms with Crippen LogP contribution in [0.5, 0.6) is 0 Å². The highest BCUT2D eigenvalue weighted by Crippen LogP contribution is 2.15. The molecule has 0 fully saturated rings. The first-order valence-corrected chi connectivity index (χ1v) is 5.44. The number of pyridine rings is 1. The van der Waals surface area contributed by atoms with Crippen molar-refractivity contribution in [1.82, 2.24) is 4.98 Å². The zero-order valence-electron chi connectivity index (χ0n) is 9.82. The lowest BCUT2D eigenvalue weighted by Crippen LogP contribution is -2.05. The molecule has 96 valence electrons. The van der Waals surface area contributed by atoms with Crippen molar-refractivity contribution >= 4 is 11.5 Å². The first kappa shape index (κ1) is 12.8. The molecule has 0 atom stereocenters. The number of nitrogens with zero attached hydrogens (tertiary/aromatic N) is 2. The van der Waals surface area contributed by atoms with Crippen LogP contribution in [0.4, 0.5) is 20.3 Å². The Morgan fingerprint density at radius 1 is 1.26 bits per heavy atom. The van der Waals surface area contributed by atoms with Crippen molar-refractivity contribution < 1.29 is 8.78 Å². The summed E-state index contributed by atoms with van der Waals surface area (Å²) < 4.78 is 26.4. The van der Waals surface area contributed by atoms with Gasteiger partial charge in [0.15, 0.2) is 5.69 Å². The van der Waals surface area contributed by atoms with Crippen LogP contribution in [0.1, 0.15) is 11.3 Å². The van der Waals surface area contributed by atoms with Gasteiger partial charge in [0.1, 0.15) is 23.5 Å². The minimum absolute atomic E-state index is 0.0609. The average Bonchev–Trinajstić information content (AvgIpc) is 2.41. The van der Waals surface area contributed by atoms with E-state index in [0.29, 0.717) is 5.82 Å². The first-order valence-electron chi connectivity index (χ1n) is 5.44. The van der Waals surface area contributed by atoms with Gasteiger partial charge in [-0.15, -0.1) is 0 Å². The molecule has 0 saturated heterocycles. The van der Waals surface area contributed by atoms with Crippen molar-refractivity contribution in [2.75, 3.05) is 11.1 Å². The van der Waals surface area contributed by atoms with E-state index in [-0.39, 0.29) is 23.5 Å². The smallest absolute Gasteiger partial charge is 0.165 e. The number of rotatable bonds is 3. The van der Waals surface area contributed by atoms with Crippen LogP contribution in [0.3, 0.4) is 0 Å². The molecular formula is C13H10F2N4. The van der Waals surface area contributed by atoms with Crippen molar-refractivity contribution in [3.8, 4) is 6.07 Å². The van der Waals surface area contributed by atoms with Crippen molar-refractivity contribution in [2.45, 2.75) is 6.54 Å². The van der Waals surface area contributed by atoms with E-state index in [9.17, 15) is 8.78 Å². The monoisotopic (exact) mass is 260 g/mol. The Morgan fingerprint density at radius 3 is 2.79 bits per heavy atom. The topological polar surface area (TPSA) is 74.7 Å². The van der Waals surface area contributed by atoms with E-state index in [4.69, 9.17) is 11.0 Å². The van der Waals surface area contributed by atoms with E-state index in [2.05, 4.69) is 10.3 Å². The normalized spacial score (nSPS) is 9.95. The summed E-state index contributed by atoms with van der Waals surface area (Å²) >= 11 is 0. The highest BCUT2D eigenvalue weighted by Gasteiger charge is 2.05. The lowest BCUT2D eigenvalue weighted by atomic mass is 10.2. The van der Waals surface area contributed by atoms with Gasteiger partial charge < -0.3 is 11.1 Å². The number of nitrogens with one attached hydrogen (secondary N) is 1. The summed E-state index contributed by atoms with van der Waals surface area (Å²) in [6.45, 7) is 0.0609. The van der Waals surface area contributed by atoms with Crippen LogP contribution in [0.2, 0.25) is 0 Å². The molecule has 6 heteroatoms. The van der Waals surface area contributed by atoms with Gasteiger partial charge in [0.05, 0.1) is 5.69 Å². The molecule has 0 saturated carbocycles. The minimum atomic E-state index is -0.513. The predicted molar refractivity (Wildman–Crippen MR) is 67.0 cm³/mol. The Morgan fingerprint density at radius 2 is 2.05 bits per heavy atom. The molecule has 2 aromatic rings. The second kappa shape index (κ2) is 5.31. The van der Waals surface area contributed by atoms with E-state index in [1.54, 1.807) is 6.07 Å². The third kappa shape index (κ3) is 2.96. The number of halogens is 2. The van der Waals surface area contributed by atoms with Crippen LogP contribution in [0.25, 0.3) is 0 Å². The maximum absolute atomic E-state index is 13.4. The molecule has 0 bridgehead atoms. The largest absolute Gasteiger partial charge is 0.396 e. The molecule has 0 aliphatic heterocycles. The van der Waals surface area contributed by atoms with Crippen LogP contribution in [-0.2, 0) is 6.54 Å². The van der Waals surface area contributed by atoms with Gasteiger partial charge >= 0.3 is 0 Å². The molecule has 0 radical (unpaired) electrons. The van der Waals surface area contributed by atoms with Crippen molar-refractivity contribution in [2.24, 2.45) is 0 Å². The van der Waals surface area contributed by atoms with E-state index < -0.39 is 11.6 Å². The molecule has 1 heterocycles. The highest BCUT2D eigenvalue weighted by atomic mass is 19.1. The van der Waals surface area contributed by atoms with Gasteiger partial charge in [0.2, 0.25) is 0 Å². The van der Waals surface area contributed by atoms with Gasteiger partial charge in [-0.05, 0) is 30.3 Å². The quantitative estimate of drug-likeness (QED) is 0.888. The van der Waals surface area contributed by atoms with Gasteiger partial charge in [-0.3, -0.25) is 0 Å². The van der Waals surface area contributed by atoms with Gasteiger partial charge in [0.25, 0.3) is 0 Å². The lowest BCUT2D eigenvalue weighted by Gasteiger charge is -2.07. The van der Waals surface area contributed by atoms with Crippen molar-refractivity contribution in [3.63, 3.8) is 0 Å². The van der Waals surface area contributed by atoms with Crippen LogP contribution in [0.15, 0.2) is 30.3 Å². The standard InChI is InChI=1S/C13H10F2N4/c14-9-1-2-10(15)8(5-9)7-18-13-4-3-11(17)12(6-16)19-13/h1-5H,7,17H2,(H,18,19). The maximum Gasteiger partial charge on any atom is 0.165 e. The maximum atomic E-state index is 13.4.